The summed E-state index contributed by atoms with van der Waals surface area (Å²) in [5, 5.41) is 13.6. The minimum atomic E-state index is -0.829. The summed E-state index contributed by atoms with van der Waals surface area (Å²) in [4.78, 5) is 24.7. The van der Waals surface area contributed by atoms with Crippen molar-refractivity contribution in [1.29, 1.82) is 0 Å². The van der Waals surface area contributed by atoms with Gasteiger partial charge in [-0.25, -0.2) is 9.78 Å². The molecule has 3 N–H and O–H groups in total. The molecule has 0 radical (unpaired) electrons. The molecule has 1 amide bonds. The van der Waals surface area contributed by atoms with Gasteiger partial charge in [0.05, 0.1) is 4.92 Å². The molecule has 22 heavy (non-hydrogen) atoms. The summed E-state index contributed by atoms with van der Waals surface area (Å²) >= 11 is 0. The van der Waals surface area contributed by atoms with Crippen molar-refractivity contribution in [3.8, 4) is 0 Å². The van der Waals surface area contributed by atoms with Crippen molar-refractivity contribution in [2.24, 2.45) is 5.73 Å². The number of primary amides is 1. The molecule has 0 fully saturated rings. The first kappa shape index (κ1) is 15.2. The van der Waals surface area contributed by atoms with Crippen molar-refractivity contribution < 1.29 is 14.5 Å². The highest BCUT2D eigenvalue weighted by molar-refractivity contribution is 5.65. The molecule has 114 valence electrons. The molecule has 0 unspecified atom stereocenters. The van der Waals surface area contributed by atoms with E-state index >= 15 is 0 Å². The fourth-order valence-electron chi connectivity index (χ4n) is 1.80. The molecule has 1 aromatic heterocycles. The van der Waals surface area contributed by atoms with Crippen LogP contribution in [0.2, 0.25) is 0 Å². The van der Waals surface area contributed by atoms with Gasteiger partial charge in [0.1, 0.15) is 18.1 Å². The molecule has 8 heteroatoms. The van der Waals surface area contributed by atoms with Crippen LogP contribution in [0.15, 0.2) is 42.6 Å². The summed E-state index contributed by atoms with van der Waals surface area (Å²) in [6.45, 7) is 1.71. The fraction of sp³-hybridized carbons (Fsp3) is 0.143. The first-order chi connectivity index (χ1) is 10.5. The molecule has 8 nitrogen and oxygen atoms in total. The van der Waals surface area contributed by atoms with E-state index in [9.17, 15) is 14.9 Å². The summed E-state index contributed by atoms with van der Waals surface area (Å²) < 4.78 is 4.87. The Labute approximate surface area is 126 Å². The SMILES string of the molecule is C[C@H](OC(N)=O)c1ccc(Nc2ccc([N+](=O)[O-])cn2)cc1. The van der Waals surface area contributed by atoms with Crippen LogP contribution in [0, 0.1) is 10.1 Å². The molecule has 0 aliphatic carbocycles. The average Bonchev–Trinajstić information content (AvgIpc) is 2.48. The standard InChI is InChI=1S/C14H14N4O4/c1-9(22-14(15)19)10-2-4-11(5-3-10)17-13-7-6-12(8-16-13)18(20)21/h2-9H,1H3,(H2,15,19)(H,16,17)/t9-/m0/s1. The van der Waals surface area contributed by atoms with Crippen LogP contribution in [0.5, 0.6) is 0 Å². The predicted octanol–water partition coefficient (Wildman–Crippen LogP) is 2.89. The molecule has 0 saturated heterocycles. The number of rotatable bonds is 5. The molecule has 1 aromatic carbocycles. The van der Waals surface area contributed by atoms with Gasteiger partial charge in [0.25, 0.3) is 5.69 Å². The van der Waals surface area contributed by atoms with Crippen molar-refractivity contribution in [3.05, 3.63) is 58.3 Å². The molecule has 0 spiro atoms. The second-order valence-electron chi connectivity index (χ2n) is 4.48. The number of carbonyl (C=O) groups is 1. The van der Waals surface area contributed by atoms with Gasteiger partial charge in [-0.05, 0) is 30.7 Å². The largest absolute Gasteiger partial charge is 0.442 e. The van der Waals surface area contributed by atoms with Gasteiger partial charge < -0.3 is 15.8 Å². The number of pyridine rings is 1. The van der Waals surface area contributed by atoms with Crippen LogP contribution in [0.3, 0.4) is 0 Å². The van der Waals surface area contributed by atoms with E-state index in [1.54, 1.807) is 31.2 Å². The van der Waals surface area contributed by atoms with Gasteiger partial charge in [-0.2, -0.15) is 0 Å². The van der Waals surface area contributed by atoms with Gasteiger partial charge in [0, 0.05) is 11.8 Å². The Hall–Kier alpha value is -3.16. The molecule has 2 rings (SSSR count). The molecule has 0 bridgehead atoms. The van der Waals surface area contributed by atoms with E-state index in [2.05, 4.69) is 10.3 Å². The second kappa shape index (κ2) is 6.53. The van der Waals surface area contributed by atoms with Gasteiger partial charge in [-0.3, -0.25) is 10.1 Å². The molecule has 0 aliphatic rings. The fourth-order valence-corrected chi connectivity index (χ4v) is 1.80. The van der Waals surface area contributed by atoms with Crippen LogP contribution in [-0.2, 0) is 4.74 Å². The lowest BCUT2D eigenvalue weighted by Crippen LogP contribution is -2.15. The Bertz CT molecular complexity index is 670. The number of hydrogen-bond donors (Lipinski definition) is 2. The first-order valence-corrected chi connectivity index (χ1v) is 6.39. The monoisotopic (exact) mass is 302 g/mol. The van der Waals surface area contributed by atoms with Crippen LogP contribution >= 0.6 is 0 Å². The highest BCUT2D eigenvalue weighted by Gasteiger charge is 2.09. The van der Waals surface area contributed by atoms with Crippen LogP contribution in [0.1, 0.15) is 18.6 Å². The Balaban J connectivity index is 2.04. The number of aromatic nitrogens is 1. The molecule has 2 aromatic rings. The van der Waals surface area contributed by atoms with E-state index in [1.165, 1.54) is 18.3 Å². The third-order valence-electron chi connectivity index (χ3n) is 2.90. The zero-order valence-corrected chi connectivity index (χ0v) is 11.7. The molecular formula is C14H14N4O4. The van der Waals surface area contributed by atoms with Crippen molar-refractivity contribution in [3.63, 3.8) is 0 Å². The van der Waals surface area contributed by atoms with Gasteiger partial charge in [0.15, 0.2) is 0 Å². The average molecular weight is 302 g/mol. The summed E-state index contributed by atoms with van der Waals surface area (Å²) in [5.74, 6) is 0.486. The number of anilines is 2. The van der Waals surface area contributed by atoms with Gasteiger partial charge in [0.2, 0.25) is 0 Å². The van der Waals surface area contributed by atoms with Gasteiger partial charge in [-0.15, -0.1) is 0 Å². The van der Waals surface area contributed by atoms with Crippen molar-refractivity contribution >= 4 is 23.3 Å². The lowest BCUT2D eigenvalue weighted by molar-refractivity contribution is -0.385. The topological polar surface area (TPSA) is 120 Å². The Morgan fingerprint density at radius 1 is 1.32 bits per heavy atom. The minimum absolute atomic E-state index is 0.0710. The zero-order chi connectivity index (χ0) is 16.1. The van der Waals surface area contributed by atoms with Crippen LogP contribution < -0.4 is 11.1 Å². The van der Waals surface area contributed by atoms with E-state index in [-0.39, 0.29) is 5.69 Å². The van der Waals surface area contributed by atoms with Crippen LogP contribution in [-0.4, -0.2) is 16.0 Å². The highest BCUT2D eigenvalue weighted by Crippen LogP contribution is 2.21. The number of hydrogen-bond acceptors (Lipinski definition) is 6. The molecule has 0 saturated carbocycles. The number of benzene rings is 1. The van der Waals surface area contributed by atoms with E-state index in [0.717, 1.165) is 11.3 Å². The molecule has 0 aliphatic heterocycles. The third-order valence-corrected chi connectivity index (χ3v) is 2.90. The van der Waals surface area contributed by atoms with E-state index < -0.39 is 17.1 Å². The van der Waals surface area contributed by atoms with E-state index in [0.29, 0.717) is 5.82 Å². The van der Waals surface area contributed by atoms with Crippen molar-refractivity contribution in [2.75, 3.05) is 5.32 Å². The maximum atomic E-state index is 10.7. The number of nitro groups is 1. The highest BCUT2D eigenvalue weighted by atomic mass is 16.6. The molecule has 1 heterocycles. The predicted molar refractivity (Wildman–Crippen MR) is 79.7 cm³/mol. The lowest BCUT2D eigenvalue weighted by atomic mass is 10.1. The second-order valence-corrected chi connectivity index (χ2v) is 4.48. The first-order valence-electron chi connectivity index (χ1n) is 6.39. The Morgan fingerprint density at radius 3 is 2.50 bits per heavy atom. The Morgan fingerprint density at radius 2 is 2.00 bits per heavy atom. The number of ether oxygens (including phenoxy) is 1. The maximum Gasteiger partial charge on any atom is 0.405 e. The van der Waals surface area contributed by atoms with Gasteiger partial charge in [-0.1, -0.05) is 12.1 Å². The Kier molecular flexibility index (Phi) is 4.52. The minimum Gasteiger partial charge on any atom is -0.442 e. The van der Waals surface area contributed by atoms with Crippen LogP contribution in [0.4, 0.5) is 22.0 Å². The lowest BCUT2D eigenvalue weighted by Gasteiger charge is -2.12. The zero-order valence-electron chi connectivity index (χ0n) is 11.7. The smallest absolute Gasteiger partial charge is 0.405 e. The van der Waals surface area contributed by atoms with Gasteiger partial charge >= 0.3 is 6.09 Å². The normalized spacial score (nSPS) is 11.5. The van der Waals surface area contributed by atoms with Crippen LogP contribution in [0.25, 0.3) is 0 Å². The molecular weight excluding hydrogens is 288 g/mol. The number of nitrogens with zero attached hydrogens (tertiary/aromatic N) is 2. The van der Waals surface area contributed by atoms with Crippen molar-refractivity contribution in [2.45, 2.75) is 13.0 Å². The number of nitrogens with two attached hydrogens (primary N) is 1. The number of amides is 1. The summed E-state index contributed by atoms with van der Waals surface area (Å²) in [6.07, 6.45) is -0.0896. The number of carbonyl (C=O) groups excluding carboxylic acids is 1. The quantitative estimate of drug-likeness (QED) is 0.647. The summed E-state index contributed by atoms with van der Waals surface area (Å²) in [6, 6.07) is 10.00. The van der Waals surface area contributed by atoms with E-state index in [4.69, 9.17) is 10.5 Å². The third kappa shape index (κ3) is 3.92. The summed E-state index contributed by atoms with van der Waals surface area (Å²) in [5.41, 5.74) is 6.43. The molecule has 1 atom stereocenters. The number of nitrogens with one attached hydrogen (secondary N) is 1. The van der Waals surface area contributed by atoms with E-state index in [1.807, 2.05) is 0 Å². The maximum absolute atomic E-state index is 10.7. The summed E-state index contributed by atoms with van der Waals surface area (Å²) in [7, 11) is 0. The van der Waals surface area contributed by atoms with Crippen molar-refractivity contribution in [1.82, 2.24) is 4.98 Å².